The quantitative estimate of drug-likeness (QED) is 0.646. The zero-order valence-corrected chi connectivity index (χ0v) is 8.50. The van der Waals surface area contributed by atoms with E-state index >= 15 is 0 Å². The van der Waals surface area contributed by atoms with Crippen LogP contribution in [-0.2, 0) is 0 Å². The lowest BCUT2D eigenvalue weighted by Crippen LogP contribution is -1.94. The second-order valence-corrected chi connectivity index (χ2v) is 3.58. The van der Waals surface area contributed by atoms with Gasteiger partial charge in [-0.2, -0.15) is 0 Å². The summed E-state index contributed by atoms with van der Waals surface area (Å²) in [6.07, 6.45) is 1.04. The molecule has 0 spiro atoms. The number of nitrogens with zero attached hydrogens (tertiary/aromatic N) is 1. The topological polar surface area (TPSA) is 12.9 Å². The molecule has 0 bridgehead atoms. The van der Waals surface area contributed by atoms with E-state index in [0.717, 1.165) is 6.20 Å². The average molecular weight is 252 g/mol. The maximum absolute atomic E-state index is 13.3. The monoisotopic (exact) mass is 251 g/mol. The first-order valence-corrected chi connectivity index (χ1v) is 4.55. The molecule has 1 aromatic heterocycles. The smallest absolute Gasteiger partial charge is 0.185 e. The molecular weight excluding hydrogens is 250 g/mol. The van der Waals surface area contributed by atoms with E-state index in [9.17, 15) is 13.2 Å². The minimum absolute atomic E-state index is 0.0194. The van der Waals surface area contributed by atoms with Crippen LogP contribution < -0.4 is 0 Å². The maximum atomic E-state index is 13.3. The highest BCUT2D eigenvalue weighted by molar-refractivity contribution is 6.45. The Labute approximate surface area is 92.4 Å². The van der Waals surface area contributed by atoms with Gasteiger partial charge in [-0.25, -0.2) is 13.2 Å². The Morgan fingerprint density at radius 3 is 2.40 bits per heavy atom. The third-order valence-corrected chi connectivity index (χ3v) is 2.66. The van der Waals surface area contributed by atoms with E-state index < -0.39 is 23.0 Å². The fourth-order valence-corrected chi connectivity index (χ4v) is 1.58. The molecule has 0 fully saturated rings. The molecule has 15 heavy (non-hydrogen) atoms. The van der Waals surface area contributed by atoms with Gasteiger partial charge in [-0.05, 0) is 0 Å². The molecule has 1 heterocycles. The van der Waals surface area contributed by atoms with Crippen molar-refractivity contribution < 1.29 is 13.2 Å². The second-order valence-electron chi connectivity index (χ2n) is 2.80. The van der Waals surface area contributed by atoms with Gasteiger partial charge in [0.05, 0.1) is 15.4 Å². The third kappa shape index (κ3) is 1.54. The molecule has 2 aromatic rings. The summed E-state index contributed by atoms with van der Waals surface area (Å²) in [6.45, 7) is 0. The van der Waals surface area contributed by atoms with E-state index in [1.54, 1.807) is 0 Å². The number of hydrogen-bond donors (Lipinski definition) is 0. The standard InChI is InChI=1S/C9H2Cl2F3N/c10-3-2-15-9-6(7(3)11)4(12)1-5(13)8(9)14/h1-2H. The average Bonchev–Trinajstić information content (AvgIpc) is 2.18. The van der Waals surface area contributed by atoms with Gasteiger partial charge in [0.1, 0.15) is 11.3 Å². The van der Waals surface area contributed by atoms with E-state index in [2.05, 4.69) is 4.98 Å². The van der Waals surface area contributed by atoms with Crippen molar-refractivity contribution in [1.29, 1.82) is 0 Å². The van der Waals surface area contributed by atoms with Crippen molar-refractivity contribution in [2.45, 2.75) is 0 Å². The molecule has 1 aromatic carbocycles. The van der Waals surface area contributed by atoms with Gasteiger partial charge in [0.2, 0.25) is 0 Å². The minimum Gasteiger partial charge on any atom is -0.251 e. The lowest BCUT2D eigenvalue weighted by molar-refractivity contribution is 0.504. The number of benzene rings is 1. The van der Waals surface area contributed by atoms with Gasteiger partial charge in [-0.1, -0.05) is 23.2 Å². The van der Waals surface area contributed by atoms with Crippen LogP contribution in [0.2, 0.25) is 10.0 Å². The van der Waals surface area contributed by atoms with Crippen LogP contribution in [0.4, 0.5) is 13.2 Å². The van der Waals surface area contributed by atoms with Crippen LogP contribution in [0.15, 0.2) is 12.3 Å². The number of halogens is 5. The fourth-order valence-electron chi connectivity index (χ4n) is 1.21. The van der Waals surface area contributed by atoms with Crippen molar-refractivity contribution in [2.75, 3.05) is 0 Å². The molecule has 0 atom stereocenters. The van der Waals surface area contributed by atoms with Crippen LogP contribution in [0.3, 0.4) is 0 Å². The Balaban J connectivity index is 3.03. The van der Waals surface area contributed by atoms with Crippen molar-refractivity contribution in [2.24, 2.45) is 0 Å². The van der Waals surface area contributed by atoms with Crippen LogP contribution >= 0.6 is 23.2 Å². The summed E-state index contributed by atoms with van der Waals surface area (Å²) in [4.78, 5) is 3.49. The maximum Gasteiger partial charge on any atom is 0.185 e. The second kappa shape index (κ2) is 3.54. The number of rotatable bonds is 0. The Kier molecular flexibility index (Phi) is 2.48. The number of fused-ring (bicyclic) bond motifs is 1. The van der Waals surface area contributed by atoms with E-state index in [-0.39, 0.29) is 15.4 Å². The molecule has 0 radical (unpaired) electrons. The van der Waals surface area contributed by atoms with Crippen molar-refractivity contribution in [3.8, 4) is 0 Å². The SMILES string of the molecule is Fc1cc(F)c2c(Cl)c(Cl)cnc2c1F. The normalized spacial score (nSPS) is 11.0. The highest BCUT2D eigenvalue weighted by atomic mass is 35.5. The summed E-state index contributed by atoms with van der Waals surface area (Å²) in [5, 5.41) is -0.518. The van der Waals surface area contributed by atoms with Crippen molar-refractivity contribution in [3.63, 3.8) is 0 Å². The summed E-state index contributed by atoms with van der Waals surface area (Å²) in [6, 6.07) is 0.404. The van der Waals surface area contributed by atoms with E-state index in [1.807, 2.05) is 0 Å². The van der Waals surface area contributed by atoms with Gasteiger partial charge in [0, 0.05) is 12.3 Å². The Morgan fingerprint density at radius 2 is 1.73 bits per heavy atom. The highest BCUT2D eigenvalue weighted by Gasteiger charge is 2.17. The number of pyridine rings is 1. The molecule has 2 rings (SSSR count). The zero-order chi connectivity index (χ0) is 11.2. The molecule has 0 aliphatic carbocycles. The molecule has 0 unspecified atom stereocenters. The minimum atomic E-state index is -1.31. The zero-order valence-electron chi connectivity index (χ0n) is 6.99. The summed E-state index contributed by atoms with van der Waals surface area (Å²) in [7, 11) is 0. The van der Waals surface area contributed by atoms with Crippen molar-refractivity contribution in [3.05, 3.63) is 39.8 Å². The Morgan fingerprint density at radius 1 is 1.07 bits per heavy atom. The molecule has 6 heteroatoms. The van der Waals surface area contributed by atoms with E-state index in [1.165, 1.54) is 0 Å². The van der Waals surface area contributed by atoms with Gasteiger partial charge < -0.3 is 0 Å². The van der Waals surface area contributed by atoms with Gasteiger partial charge in [0.25, 0.3) is 0 Å². The Bertz CT molecular complexity index is 557. The van der Waals surface area contributed by atoms with E-state index in [4.69, 9.17) is 23.2 Å². The van der Waals surface area contributed by atoms with Crippen molar-refractivity contribution in [1.82, 2.24) is 4.98 Å². The molecule has 0 aliphatic rings. The van der Waals surface area contributed by atoms with Gasteiger partial charge in [-0.3, -0.25) is 4.98 Å². The highest BCUT2D eigenvalue weighted by Crippen LogP contribution is 2.32. The van der Waals surface area contributed by atoms with E-state index in [0.29, 0.717) is 6.07 Å². The molecular formula is C9H2Cl2F3N. The molecule has 0 saturated carbocycles. The fraction of sp³-hybridized carbons (Fsp3) is 0. The predicted octanol–water partition coefficient (Wildman–Crippen LogP) is 3.96. The van der Waals surface area contributed by atoms with Crippen LogP contribution in [-0.4, -0.2) is 4.98 Å². The number of hydrogen-bond acceptors (Lipinski definition) is 1. The van der Waals surface area contributed by atoms with Gasteiger partial charge in [0.15, 0.2) is 11.6 Å². The van der Waals surface area contributed by atoms with Crippen LogP contribution in [0.1, 0.15) is 0 Å². The lowest BCUT2D eigenvalue weighted by Gasteiger charge is -2.04. The molecule has 0 N–H and O–H groups in total. The summed E-state index contributed by atoms with van der Waals surface area (Å²) < 4.78 is 39.3. The van der Waals surface area contributed by atoms with Crippen LogP contribution in [0.5, 0.6) is 0 Å². The van der Waals surface area contributed by atoms with Crippen molar-refractivity contribution >= 4 is 34.1 Å². The van der Waals surface area contributed by atoms with Gasteiger partial charge >= 0.3 is 0 Å². The first-order chi connectivity index (χ1) is 7.02. The predicted molar refractivity (Wildman–Crippen MR) is 51.6 cm³/mol. The van der Waals surface area contributed by atoms with Gasteiger partial charge in [-0.15, -0.1) is 0 Å². The molecule has 0 saturated heterocycles. The largest absolute Gasteiger partial charge is 0.251 e. The molecule has 78 valence electrons. The first kappa shape index (κ1) is 10.5. The molecule has 1 nitrogen and oxygen atoms in total. The molecule has 0 aliphatic heterocycles. The summed E-state index contributed by atoms with van der Waals surface area (Å²) >= 11 is 11.2. The molecule has 0 amide bonds. The van der Waals surface area contributed by atoms with Crippen LogP contribution in [0, 0.1) is 17.5 Å². The third-order valence-electron chi connectivity index (χ3n) is 1.88. The van der Waals surface area contributed by atoms with Crippen LogP contribution in [0.25, 0.3) is 10.9 Å². The first-order valence-electron chi connectivity index (χ1n) is 3.79. The lowest BCUT2D eigenvalue weighted by atomic mass is 10.2. The summed E-state index contributed by atoms with van der Waals surface area (Å²) in [5.74, 6) is -3.56. The number of aromatic nitrogens is 1. The summed E-state index contributed by atoms with van der Waals surface area (Å²) in [5.41, 5.74) is -0.470. The Hall–Kier alpha value is -1.00.